The number of anilines is 1. The molecule has 0 saturated carbocycles. The molecule has 76 valence electrons. The number of nitrogen functional groups attached to an aromatic ring is 1. The molecule has 15 heavy (non-hydrogen) atoms. The molecule has 0 unspecified atom stereocenters. The van der Waals surface area contributed by atoms with Crippen LogP contribution in [0, 0.1) is 5.82 Å². The number of nitrogens with two attached hydrogens (primary N) is 1. The summed E-state index contributed by atoms with van der Waals surface area (Å²) in [6.45, 7) is 1.41. The van der Waals surface area contributed by atoms with Gasteiger partial charge in [-0.1, -0.05) is 0 Å². The van der Waals surface area contributed by atoms with Crippen LogP contribution in [0.1, 0.15) is 17.3 Å². The lowest BCUT2D eigenvalue weighted by atomic mass is 10.0. The van der Waals surface area contributed by atoms with Crippen LogP contribution in [0.2, 0.25) is 0 Å². The number of carbonyl (C=O) groups is 1. The van der Waals surface area contributed by atoms with Crippen LogP contribution < -0.4 is 5.73 Å². The summed E-state index contributed by atoms with van der Waals surface area (Å²) in [6.07, 6.45) is 1.37. The second kappa shape index (κ2) is 3.31. The predicted molar refractivity (Wildman–Crippen MR) is 56.1 cm³/mol. The van der Waals surface area contributed by atoms with E-state index in [1.807, 2.05) is 0 Å². The monoisotopic (exact) mass is 204 g/mol. The molecular weight excluding hydrogens is 195 g/mol. The van der Waals surface area contributed by atoms with Crippen LogP contribution in [0.3, 0.4) is 0 Å². The largest absolute Gasteiger partial charge is 0.383 e. The first kappa shape index (κ1) is 9.58. The molecule has 4 heteroatoms. The van der Waals surface area contributed by atoms with Gasteiger partial charge in [0.15, 0.2) is 5.78 Å². The van der Waals surface area contributed by atoms with E-state index in [0.717, 1.165) is 0 Å². The minimum atomic E-state index is -0.393. The molecule has 0 spiro atoms. The van der Waals surface area contributed by atoms with Gasteiger partial charge in [-0.05, 0) is 25.1 Å². The Morgan fingerprint density at radius 3 is 2.80 bits per heavy atom. The lowest BCUT2D eigenvalue weighted by Crippen LogP contribution is -1.99. The quantitative estimate of drug-likeness (QED) is 0.724. The Labute approximate surface area is 85.7 Å². The van der Waals surface area contributed by atoms with Crippen LogP contribution in [-0.2, 0) is 0 Å². The van der Waals surface area contributed by atoms with E-state index in [0.29, 0.717) is 22.2 Å². The summed E-state index contributed by atoms with van der Waals surface area (Å²) in [5, 5.41) is 1.11. The molecular formula is C11H9FN2O. The van der Waals surface area contributed by atoms with Crippen molar-refractivity contribution in [3.8, 4) is 0 Å². The summed E-state index contributed by atoms with van der Waals surface area (Å²) >= 11 is 0. The maximum Gasteiger partial charge on any atom is 0.161 e. The number of pyridine rings is 1. The fourth-order valence-corrected chi connectivity index (χ4v) is 1.52. The van der Waals surface area contributed by atoms with Crippen molar-refractivity contribution in [1.29, 1.82) is 0 Å². The number of benzene rings is 1. The van der Waals surface area contributed by atoms with Gasteiger partial charge in [-0.2, -0.15) is 0 Å². The minimum Gasteiger partial charge on any atom is -0.383 e. The van der Waals surface area contributed by atoms with Crippen LogP contribution >= 0.6 is 0 Å². The number of rotatable bonds is 1. The highest BCUT2D eigenvalue weighted by Gasteiger charge is 2.09. The summed E-state index contributed by atoms with van der Waals surface area (Å²) in [4.78, 5) is 15.2. The molecule has 0 aliphatic rings. The first-order valence-electron chi connectivity index (χ1n) is 4.44. The second-order valence-corrected chi connectivity index (χ2v) is 3.30. The average Bonchev–Trinajstić information content (AvgIpc) is 2.17. The Morgan fingerprint density at radius 1 is 1.40 bits per heavy atom. The van der Waals surface area contributed by atoms with Crippen LogP contribution in [-0.4, -0.2) is 10.8 Å². The topological polar surface area (TPSA) is 56.0 Å². The molecule has 3 nitrogen and oxygen atoms in total. The molecule has 0 saturated heterocycles. The fraction of sp³-hybridized carbons (Fsp3) is 0.0909. The van der Waals surface area contributed by atoms with Gasteiger partial charge in [0.25, 0.3) is 0 Å². The molecule has 1 heterocycles. The van der Waals surface area contributed by atoms with Crippen molar-refractivity contribution in [3.05, 3.63) is 35.8 Å². The van der Waals surface area contributed by atoms with E-state index in [4.69, 9.17) is 5.73 Å². The smallest absolute Gasteiger partial charge is 0.161 e. The Balaban J connectivity index is 2.90. The number of hydrogen-bond donors (Lipinski definition) is 1. The zero-order chi connectivity index (χ0) is 11.0. The van der Waals surface area contributed by atoms with Crippen LogP contribution in [0.5, 0.6) is 0 Å². The predicted octanol–water partition coefficient (Wildman–Crippen LogP) is 2.16. The first-order chi connectivity index (χ1) is 7.09. The summed E-state index contributed by atoms with van der Waals surface area (Å²) in [5.74, 6) is -0.247. The Morgan fingerprint density at radius 2 is 2.13 bits per heavy atom. The van der Waals surface area contributed by atoms with Crippen molar-refractivity contribution >= 4 is 22.4 Å². The SMILES string of the molecule is CC(=O)c1cnc(N)c2ccc(F)cc12. The maximum atomic E-state index is 13.0. The summed E-state index contributed by atoms with van der Waals surface area (Å²) in [5.41, 5.74) is 6.02. The van der Waals surface area contributed by atoms with Crippen molar-refractivity contribution in [2.45, 2.75) is 6.92 Å². The van der Waals surface area contributed by atoms with Gasteiger partial charge < -0.3 is 5.73 Å². The van der Waals surface area contributed by atoms with Gasteiger partial charge in [-0.25, -0.2) is 9.37 Å². The molecule has 2 rings (SSSR count). The molecule has 2 N–H and O–H groups in total. The molecule has 1 aromatic heterocycles. The van der Waals surface area contributed by atoms with Crippen molar-refractivity contribution in [3.63, 3.8) is 0 Å². The minimum absolute atomic E-state index is 0.155. The van der Waals surface area contributed by atoms with E-state index < -0.39 is 5.82 Å². The van der Waals surface area contributed by atoms with E-state index in [9.17, 15) is 9.18 Å². The number of carbonyl (C=O) groups excluding carboxylic acids is 1. The third-order valence-corrected chi connectivity index (χ3v) is 2.26. The fourth-order valence-electron chi connectivity index (χ4n) is 1.52. The highest BCUT2D eigenvalue weighted by Crippen LogP contribution is 2.23. The Hall–Kier alpha value is -1.97. The van der Waals surface area contributed by atoms with E-state index >= 15 is 0 Å². The first-order valence-corrected chi connectivity index (χ1v) is 4.44. The highest BCUT2D eigenvalue weighted by molar-refractivity contribution is 6.08. The van der Waals surface area contributed by atoms with Crippen molar-refractivity contribution in [2.24, 2.45) is 0 Å². The van der Waals surface area contributed by atoms with Crippen LogP contribution in [0.25, 0.3) is 10.8 Å². The molecule has 2 aromatic rings. The van der Waals surface area contributed by atoms with Gasteiger partial charge in [0, 0.05) is 22.5 Å². The lowest BCUT2D eigenvalue weighted by molar-refractivity contribution is 0.101. The van der Waals surface area contributed by atoms with Gasteiger partial charge in [0.1, 0.15) is 11.6 Å². The molecule has 1 aromatic carbocycles. The number of ketones is 1. The van der Waals surface area contributed by atoms with E-state index in [1.165, 1.54) is 31.3 Å². The molecule has 0 atom stereocenters. The number of Topliss-reactive ketones (excluding diaryl/α,β-unsaturated/α-hetero) is 1. The van der Waals surface area contributed by atoms with Gasteiger partial charge in [0.05, 0.1) is 0 Å². The van der Waals surface area contributed by atoms with Gasteiger partial charge in [0.2, 0.25) is 0 Å². The third kappa shape index (κ3) is 1.54. The summed E-state index contributed by atoms with van der Waals surface area (Å²) in [6, 6.07) is 4.12. The zero-order valence-corrected chi connectivity index (χ0v) is 8.12. The molecule has 0 amide bonds. The standard InChI is InChI=1S/C11H9FN2O/c1-6(15)10-5-14-11(13)8-3-2-7(12)4-9(8)10/h2-5H,1H3,(H2,13,14). The molecule has 0 bridgehead atoms. The van der Waals surface area contributed by atoms with Gasteiger partial charge in [-0.3, -0.25) is 4.79 Å². The molecule has 0 aliphatic heterocycles. The van der Waals surface area contributed by atoms with Gasteiger partial charge >= 0.3 is 0 Å². The van der Waals surface area contributed by atoms with E-state index in [2.05, 4.69) is 4.98 Å². The summed E-state index contributed by atoms with van der Waals surface area (Å²) < 4.78 is 13.0. The number of aromatic nitrogens is 1. The summed E-state index contributed by atoms with van der Waals surface area (Å²) in [7, 11) is 0. The Bertz CT molecular complexity index is 552. The van der Waals surface area contributed by atoms with Gasteiger partial charge in [-0.15, -0.1) is 0 Å². The van der Waals surface area contributed by atoms with E-state index in [1.54, 1.807) is 0 Å². The molecule has 0 aliphatic carbocycles. The molecule has 0 radical (unpaired) electrons. The Kier molecular flexibility index (Phi) is 2.11. The normalized spacial score (nSPS) is 10.5. The van der Waals surface area contributed by atoms with Crippen molar-refractivity contribution in [1.82, 2.24) is 4.98 Å². The number of nitrogens with zero attached hydrogens (tertiary/aromatic N) is 1. The number of fused-ring (bicyclic) bond motifs is 1. The third-order valence-electron chi connectivity index (χ3n) is 2.26. The van der Waals surface area contributed by atoms with Crippen LogP contribution in [0.15, 0.2) is 24.4 Å². The van der Waals surface area contributed by atoms with Crippen LogP contribution in [0.4, 0.5) is 10.2 Å². The number of halogens is 1. The number of hydrogen-bond acceptors (Lipinski definition) is 3. The van der Waals surface area contributed by atoms with E-state index in [-0.39, 0.29) is 5.78 Å². The molecule has 0 fully saturated rings. The lowest BCUT2D eigenvalue weighted by Gasteiger charge is -2.05. The van der Waals surface area contributed by atoms with Crippen molar-refractivity contribution in [2.75, 3.05) is 5.73 Å². The van der Waals surface area contributed by atoms with Crippen molar-refractivity contribution < 1.29 is 9.18 Å². The highest BCUT2D eigenvalue weighted by atomic mass is 19.1. The second-order valence-electron chi connectivity index (χ2n) is 3.30. The maximum absolute atomic E-state index is 13.0. The zero-order valence-electron chi connectivity index (χ0n) is 8.12. The average molecular weight is 204 g/mol.